The SMILES string of the molecule is CC(C)OC(=O)OC(=O)Oc1ccccc1. The van der Waals surface area contributed by atoms with Crippen molar-refractivity contribution in [2.75, 3.05) is 0 Å². The molecule has 0 radical (unpaired) electrons. The van der Waals surface area contributed by atoms with Crippen molar-refractivity contribution in [3.63, 3.8) is 0 Å². The van der Waals surface area contributed by atoms with E-state index < -0.39 is 12.3 Å². The van der Waals surface area contributed by atoms with Crippen LogP contribution < -0.4 is 4.74 Å². The standard InChI is InChI=1S/C11H12O5/c1-8(2)14-10(12)16-11(13)15-9-6-4-3-5-7-9/h3-8H,1-2H3. The summed E-state index contributed by atoms with van der Waals surface area (Å²) in [5.41, 5.74) is 0. The Morgan fingerprint density at radius 3 is 2.25 bits per heavy atom. The Balaban J connectivity index is 2.39. The number of carbonyl (C=O) groups is 2. The quantitative estimate of drug-likeness (QED) is 0.439. The number of benzene rings is 1. The van der Waals surface area contributed by atoms with E-state index in [4.69, 9.17) is 4.74 Å². The van der Waals surface area contributed by atoms with Crippen LogP contribution in [0.1, 0.15) is 13.8 Å². The molecule has 0 aromatic heterocycles. The van der Waals surface area contributed by atoms with E-state index in [-0.39, 0.29) is 6.10 Å². The third-order valence-electron chi connectivity index (χ3n) is 1.44. The maximum absolute atomic E-state index is 11.1. The highest BCUT2D eigenvalue weighted by Gasteiger charge is 2.14. The number of carbonyl (C=O) groups excluding carboxylic acids is 2. The Kier molecular flexibility index (Phi) is 4.32. The van der Waals surface area contributed by atoms with Crippen molar-refractivity contribution >= 4 is 12.3 Å². The molecule has 0 N–H and O–H groups in total. The van der Waals surface area contributed by atoms with Crippen molar-refractivity contribution < 1.29 is 23.8 Å². The Labute approximate surface area is 92.9 Å². The van der Waals surface area contributed by atoms with Gasteiger partial charge in [-0.05, 0) is 26.0 Å². The largest absolute Gasteiger partial charge is 0.524 e. The van der Waals surface area contributed by atoms with Crippen molar-refractivity contribution in [2.45, 2.75) is 20.0 Å². The summed E-state index contributed by atoms with van der Waals surface area (Å²) in [6.45, 7) is 3.29. The lowest BCUT2D eigenvalue weighted by molar-refractivity contribution is 0.0407. The van der Waals surface area contributed by atoms with Gasteiger partial charge in [-0.3, -0.25) is 0 Å². The van der Waals surface area contributed by atoms with Crippen LogP contribution >= 0.6 is 0 Å². The molecule has 1 rings (SSSR count). The average Bonchev–Trinajstić information content (AvgIpc) is 2.17. The van der Waals surface area contributed by atoms with Gasteiger partial charge in [0, 0.05) is 0 Å². The van der Waals surface area contributed by atoms with Crippen molar-refractivity contribution in [2.24, 2.45) is 0 Å². The second-order valence-electron chi connectivity index (χ2n) is 3.18. The van der Waals surface area contributed by atoms with Crippen LogP contribution in [0.5, 0.6) is 5.75 Å². The van der Waals surface area contributed by atoms with Crippen LogP contribution in [0.2, 0.25) is 0 Å². The second-order valence-corrected chi connectivity index (χ2v) is 3.18. The number of para-hydroxylation sites is 1. The van der Waals surface area contributed by atoms with Crippen LogP contribution in [0.15, 0.2) is 30.3 Å². The number of ether oxygens (including phenoxy) is 3. The molecule has 5 nitrogen and oxygen atoms in total. The summed E-state index contributed by atoms with van der Waals surface area (Å²) in [7, 11) is 0. The Morgan fingerprint density at radius 2 is 1.69 bits per heavy atom. The topological polar surface area (TPSA) is 61.8 Å². The molecule has 0 spiro atoms. The molecule has 0 heterocycles. The van der Waals surface area contributed by atoms with Gasteiger partial charge in [0.15, 0.2) is 0 Å². The fourth-order valence-electron chi connectivity index (χ4n) is 0.890. The van der Waals surface area contributed by atoms with E-state index >= 15 is 0 Å². The van der Waals surface area contributed by atoms with Crippen LogP contribution in [0.4, 0.5) is 9.59 Å². The zero-order valence-corrected chi connectivity index (χ0v) is 9.01. The lowest BCUT2D eigenvalue weighted by atomic mass is 10.3. The van der Waals surface area contributed by atoms with Crippen LogP contribution in [0, 0.1) is 0 Å². The summed E-state index contributed by atoms with van der Waals surface area (Å²) in [6.07, 6.45) is -2.54. The molecule has 0 aliphatic heterocycles. The molecule has 0 unspecified atom stereocenters. The zero-order chi connectivity index (χ0) is 12.0. The van der Waals surface area contributed by atoms with Gasteiger partial charge in [0.2, 0.25) is 0 Å². The average molecular weight is 224 g/mol. The second kappa shape index (κ2) is 5.75. The van der Waals surface area contributed by atoms with Gasteiger partial charge in [-0.25, -0.2) is 9.59 Å². The lowest BCUT2D eigenvalue weighted by Gasteiger charge is -2.07. The first kappa shape index (κ1) is 12.0. The summed E-state index contributed by atoms with van der Waals surface area (Å²) in [5.74, 6) is 0.296. The molecule has 16 heavy (non-hydrogen) atoms. The van der Waals surface area contributed by atoms with Gasteiger partial charge in [0.25, 0.3) is 0 Å². The number of hydrogen-bond donors (Lipinski definition) is 0. The van der Waals surface area contributed by atoms with Crippen molar-refractivity contribution in [3.05, 3.63) is 30.3 Å². The maximum Gasteiger partial charge on any atom is 0.524 e. The number of hydrogen-bond acceptors (Lipinski definition) is 5. The van der Waals surface area contributed by atoms with Gasteiger partial charge >= 0.3 is 12.3 Å². The molecular formula is C11H12O5. The summed E-state index contributed by atoms with van der Waals surface area (Å²) in [5, 5.41) is 0. The van der Waals surface area contributed by atoms with E-state index in [2.05, 4.69) is 9.47 Å². The molecule has 5 heteroatoms. The van der Waals surface area contributed by atoms with Gasteiger partial charge < -0.3 is 14.2 Å². The third kappa shape index (κ3) is 4.45. The number of rotatable bonds is 2. The molecule has 0 aliphatic carbocycles. The molecule has 1 aromatic rings. The Morgan fingerprint density at radius 1 is 1.06 bits per heavy atom. The highest BCUT2D eigenvalue weighted by atomic mass is 16.8. The molecule has 0 aliphatic rings. The van der Waals surface area contributed by atoms with Crippen LogP contribution in [0.25, 0.3) is 0 Å². The Hall–Kier alpha value is -2.04. The van der Waals surface area contributed by atoms with Gasteiger partial charge in [-0.1, -0.05) is 18.2 Å². The molecule has 86 valence electrons. The third-order valence-corrected chi connectivity index (χ3v) is 1.44. The first-order valence-corrected chi connectivity index (χ1v) is 4.73. The van der Waals surface area contributed by atoms with E-state index in [1.54, 1.807) is 44.2 Å². The Bertz CT molecular complexity index is 358. The normalized spacial score (nSPS) is 9.69. The first-order chi connectivity index (χ1) is 7.58. The van der Waals surface area contributed by atoms with Crippen molar-refractivity contribution in [1.29, 1.82) is 0 Å². The summed E-state index contributed by atoms with van der Waals surface area (Å²) in [6, 6.07) is 8.28. The summed E-state index contributed by atoms with van der Waals surface area (Å²) >= 11 is 0. The van der Waals surface area contributed by atoms with Crippen LogP contribution in [0.3, 0.4) is 0 Å². The molecular weight excluding hydrogens is 212 g/mol. The van der Waals surface area contributed by atoms with Gasteiger partial charge in [0.05, 0.1) is 6.10 Å². The summed E-state index contributed by atoms with van der Waals surface area (Å²) in [4.78, 5) is 22.0. The molecule has 0 amide bonds. The van der Waals surface area contributed by atoms with E-state index in [0.717, 1.165) is 0 Å². The van der Waals surface area contributed by atoms with Gasteiger partial charge in [-0.2, -0.15) is 0 Å². The van der Waals surface area contributed by atoms with Gasteiger partial charge in [-0.15, -0.1) is 0 Å². The lowest BCUT2D eigenvalue weighted by Crippen LogP contribution is -2.19. The van der Waals surface area contributed by atoms with E-state index in [1.165, 1.54) is 0 Å². The van der Waals surface area contributed by atoms with E-state index in [9.17, 15) is 9.59 Å². The molecule has 0 saturated heterocycles. The maximum atomic E-state index is 11.1. The van der Waals surface area contributed by atoms with Gasteiger partial charge in [0.1, 0.15) is 5.75 Å². The molecule has 0 atom stereocenters. The predicted octanol–water partition coefficient (Wildman–Crippen LogP) is 2.75. The summed E-state index contributed by atoms with van der Waals surface area (Å²) < 4.78 is 13.5. The molecule has 0 bridgehead atoms. The zero-order valence-electron chi connectivity index (χ0n) is 9.01. The molecule has 0 saturated carbocycles. The fourth-order valence-corrected chi connectivity index (χ4v) is 0.890. The monoisotopic (exact) mass is 224 g/mol. The van der Waals surface area contributed by atoms with Crippen LogP contribution in [-0.4, -0.2) is 18.4 Å². The minimum atomic E-state index is -1.11. The minimum Gasteiger partial charge on any atom is -0.431 e. The predicted molar refractivity (Wildman–Crippen MR) is 55.2 cm³/mol. The molecule has 1 aromatic carbocycles. The minimum absolute atomic E-state index is 0.296. The van der Waals surface area contributed by atoms with Crippen molar-refractivity contribution in [3.8, 4) is 5.75 Å². The fraction of sp³-hybridized carbons (Fsp3) is 0.273. The van der Waals surface area contributed by atoms with E-state index in [0.29, 0.717) is 5.75 Å². The van der Waals surface area contributed by atoms with E-state index in [1.807, 2.05) is 0 Å². The molecule has 0 fully saturated rings. The van der Waals surface area contributed by atoms with Crippen LogP contribution in [-0.2, 0) is 9.47 Å². The highest BCUT2D eigenvalue weighted by molar-refractivity contribution is 5.78. The highest BCUT2D eigenvalue weighted by Crippen LogP contribution is 2.09. The first-order valence-electron chi connectivity index (χ1n) is 4.73. The smallest absolute Gasteiger partial charge is 0.431 e. The van der Waals surface area contributed by atoms with Crippen molar-refractivity contribution in [1.82, 2.24) is 0 Å².